The van der Waals surface area contributed by atoms with Gasteiger partial charge in [0.05, 0.1) is 25.1 Å². The summed E-state index contributed by atoms with van der Waals surface area (Å²) in [7, 11) is 1.67. The number of nitrogens with one attached hydrogen (secondary N) is 1. The van der Waals surface area contributed by atoms with Crippen molar-refractivity contribution in [2.75, 3.05) is 20.3 Å². The Bertz CT molecular complexity index is 1030. The topological polar surface area (TPSA) is 82.0 Å². The van der Waals surface area contributed by atoms with Gasteiger partial charge in [0.25, 0.3) is 5.56 Å². The molecule has 0 bridgehead atoms. The molecule has 0 aliphatic carbocycles. The van der Waals surface area contributed by atoms with Crippen LogP contribution in [-0.2, 0) is 9.47 Å². The average molecular weight is 471 g/mol. The van der Waals surface area contributed by atoms with Gasteiger partial charge in [-0.25, -0.2) is 9.67 Å². The zero-order valence-electron chi connectivity index (χ0n) is 21.8. The quantitative estimate of drug-likeness (QED) is 0.355. The van der Waals surface area contributed by atoms with Crippen LogP contribution in [0.25, 0.3) is 11.0 Å². The van der Waals surface area contributed by atoms with Gasteiger partial charge >= 0.3 is 0 Å². The van der Waals surface area contributed by atoms with Crippen molar-refractivity contribution in [1.29, 1.82) is 0 Å². The van der Waals surface area contributed by atoms with E-state index in [0.717, 1.165) is 62.5 Å². The maximum absolute atomic E-state index is 12.5. The van der Waals surface area contributed by atoms with E-state index in [1.165, 1.54) is 5.57 Å². The average Bonchev–Trinajstić information content (AvgIpc) is 3.30. The molecule has 3 rings (SSSR count). The van der Waals surface area contributed by atoms with Crippen molar-refractivity contribution < 1.29 is 9.47 Å². The molecule has 0 radical (unpaired) electrons. The van der Waals surface area contributed by atoms with Crippen LogP contribution < -0.4 is 5.56 Å². The standard InChI is InChI=1S/C17H26N4O2.C10H16O/c1-4-11(3)13(5-2)15-19-16-14(17(22)20-15)10-18-21(16)12-6-8-23-9-7-12;1-5-10(6-2)8-7-9(3)11-4/h10-13H,4-9H2,1-3H3,(H,19,20,22);5,7-8H,1,6H2,2-4H3/b;9-7+,10-8+/t11?,13-;/m1./s1. The molecule has 188 valence electrons. The van der Waals surface area contributed by atoms with E-state index in [4.69, 9.17) is 14.5 Å². The molecule has 34 heavy (non-hydrogen) atoms. The molecule has 1 N–H and O–H groups in total. The summed E-state index contributed by atoms with van der Waals surface area (Å²) < 4.78 is 12.3. The van der Waals surface area contributed by atoms with Crippen molar-refractivity contribution in [1.82, 2.24) is 19.7 Å². The molecule has 1 saturated heterocycles. The van der Waals surface area contributed by atoms with Gasteiger partial charge < -0.3 is 14.5 Å². The maximum atomic E-state index is 12.5. The van der Waals surface area contributed by atoms with Gasteiger partial charge in [-0.1, -0.05) is 52.8 Å². The van der Waals surface area contributed by atoms with Gasteiger partial charge in [-0.2, -0.15) is 5.10 Å². The van der Waals surface area contributed by atoms with E-state index in [1.54, 1.807) is 13.3 Å². The first-order valence-corrected chi connectivity index (χ1v) is 12.5. The van der Waals surface area contributed by atoms with Crippen molar-refractivity contribution >= 4 is 11.0 Å². The highest BCUT2D eigenvalue weighted by Gasteiger charge is 2.23. The Morgan fingerprint density at radius 2 is 2.00 bits per heavy atom. The monoisotopic (exact) mass is 470 g/mol. The van der Waals surface area contributed by atoms with E-state index in [2.05, 4.69) is 44.4 Å². The third kappa shape index (κ3) is 7.16. The summed E-state index contributed by atoms with van der Waals surface area (Å²) in [4.78, 5) is 20.3. The van der Waals surface area contributed by atoms with Gasteiger partial charge in [0.1, 0.15) is 11.2 Å². The highest BCUT2D eigenvalue weighted by molar-refractivity contribution is 5.73. The smallest absolute Gasteiger partial charge is 0.262 e. The van der Waals surface area contributed by atoms with Crippen LogP contribution in [0.1, 0.15) is 84.5 Å². The molecule has 1 unspecified atom stereocenters. The van der Waals surface area contributed by atoms with Crippen LogP contribution in [0.4, 0.5) is 0 Å². The third-order valence-electron chi connectivity index (χ3n) is 6.66. The van der Waals surface area contributed by atoms with Crippen LogP contribution in [-0.4, -0.2) is 40.1 Å². The second-order valence-corrected chi connectivity index (χ2v) is 8.80. The van der Waals surface area contributed by atoms with Gasteiger partial charge in [-0.15, -0.1) is 0 Å². The van der Waals surface area contributed by atoms with E-state index >= 15 is 0 Å². The Labute approximate surface area is 204 Å². The summed E-state index contributed by atoms with van der Waals surface area (Å²) in [6.07, 6.45) is 12.4. The first-order chi connectivity index (χ1) is 16.4. The third-order valence-corrected chi connectivity index (χ3v) is 6.66. The van der Waals surface area contributed by atoms with E-state index in [-0.39, 0.29) is 17.5 Å². The summed E-state index contributed by atoms with van der Waals surface area (Å²) in [5.41, 5.74) is 1.86. The minimum atomic E-state index is -0.0786. The summed E-state index contributed by atoms with van der Waals surface area (Å²) in [5, 5.41) is 5.03. The van der Waals surface area contributed by atoms with E-state index < -0.39 is 0 Å². The number of nitrogens with zero attached hydrogens (tertiary/aromatic N) is 3. The van der Waals surface area contributed by atoms with E-state index in [1.807, 2.05) is 29.8 Å². The number of allylic oxidation sites excluding steroid dienone is 5. The molecule has 1 aliphatic rings. The van der Waals surface area contributed by atoms with E-state index in [0.29, 0.717) is 11.3 Å². The Balaban J connectivity index is 0.000000316. The predicted molar refractivity (Wildman–Crippen MR) is 139 cm³/mol. The first-order valence-electron chi connectivity index (χ1n) is 12.5. The molecule has 0 aromatic carbocycles. The Hall–Kier alpha value is -2.67. The van der Waals surface area contributed by atoms with Gasteiger partial charge in [0, 0.05) is 19.1 Å². The lowest BCUT2D eigenvalue weighted by molar-refractivity contribution is 0.0673. The Morgan fingerprint density at radius 1 is 1.29 bits per heavy atom. The molecule has 1 aliphatic heterocycles. The molecule has 1 fully saturated rings. The highest BCUT2D eigenvalue weighted by Crippen LogP contribution is 2.29. The number of aromatic nitrogens is 4. The normalized spacial score (nSPS) is 17.1. The van der Waals surface area contributed by atoms with E-state index in [9.17, 15) is 4.79 Å². The Morgan fingerprint density at radius 3 is 2.56 bits per heavy atom. The molecular formula is C27H42N4O3. The largest absolute Gasteiger partial charge is 0.501 e. The van der Waals surface area contributed by atoms with Crippen LogP contribution >= 0.6 is 0 Å². The van der Waals surface area contributed by atoms with Crippen molar-refractivity contribution in [2.24, 2.45) is 5.92 Å². The summed E-state index contributed by atoms with van der Waals surface area (Å²) >= 11 is 0. The molecule has 7 heteroatoms. The fourth-order valence-corrected chi connectivity index (χ4v) is 4.10. The number of methoxy groups -OCH3 is 1. The van der Waals surface area contributed by atoms with Crippen LogP contribution in [0.3, 0.4) is 0 Å². The second-order valence-electron chi connectivity index (χ2n) is 8.80. The fraction of sp³-hybridized carbons (Fsp3) is 0.593. The number of hydrogen-bond acceptors (Lipinski definition) is 5. The number of H-pyrrole nitrogens is 1. The fourth-order valence-electron chi connectivity index (χ4n) is 4.10. The van der Waals surface area contributed by atoms with Crippen LogP contribution in [0, 0.1) is 5.92 Å². The summed E-state index contributed by atoms with van der Waals surface area (Å²) in [5.74, 6) is 2.47. The zero-order valence-corrected chi connectivity index (χ0v) is 21.8. The number of ether oxygens (including phenoxy) is 2. The van der Waals surface area contributed by atoms with Crippen LogP contribution in [0.15, 0.2) is 47.1 Å². The van der Waals surface area contributed by atoms with Crippen molar-refractivity contribution in [3.8, 4) is 0 Å². The van der Waals surface area contributed by atoms with Gasteiger partial charge in [0.2, 0.25) is 0 Å². The Kier molecular flexibility index (Phi) is 11.3. The van der Waals surface area contributed by atoms with Crippen LogP contribution in [0.2, 0.25) is 0 Å². The predicted octanol–water partition coefficient (Wildman–Crippen LogP) is 6.07. The van der Waals surface area contributed by atoms with Crippen molar-refractivity contribution in [2.45, 2.75) is 78.7 Å². The SMILES string of the molecule is C=C/C(=C\C=C(/C)OC)CC.CCC(C)[C@@H](CC)c1nc2c(cnn2C2CCOCC2)c(=O)[nH]1. The lowest BCUT2D eigenvalue weighted by atomic mass is 9.89. The maximum Gasteiger partial charge on any atom is 0.262 e. The highest BCUT2D eigenvalue weighted by atomic mass is 16.5. The number of aromatic amines is 1. The van der Waals surface area contributed by atoms with Crippen molar-refractivity contribution in [3.63, 3.8) is 0 Å². The molecule has 2 aromatic heterocycles. The minimum Gasteiger partial charge on any atom is -0.501 e. The number of fused-ring (bicyclic) bond motifs is 1. The molecule has 7 nitrogen and oxygen atoms in total. The summed E-state index contributed by atoms with van der Waals surface area (Å²) in [6, 6.07) is 0.270. The molecule has 0 spiro atoms. The molecule has 3 heterocycles. The van der Waals surface area contributed by atoms with Gasteiger partial charge in [-0.3, -0.25) is 4.79 Å². The molecule has 0 amide bonds. The zero-order chi connectivity index (χ0) is 25.1. The lowest BCUT2D eigenvalue weighted by Gasteiger charge is -2.23. The van der Waals surface area contributed by atoms with Gasteiger partial charge in [0.15, 0.2) is 5.65 Å². The molecule has 2 aromatic rings. The number of hydrogen-bond donors (Lipinski definition) is 1. The second kappa shape index (κ2) is 13.9. The minimum absolute atomic E-state index is 0.0786. The first kappa shape index (κ1) is 27.6. The molecule has 0 saturated carbocycles. The molecular weight excluding hydrogens is 428 g/mol. The molecule has 2 atom stereocenters. The van der Waals surface area contributed by atoms with Gasteiger partial charge in [-0.05, 0) is 50.2 Å². The summed E-state index contributed by atoms with van der Waals surface area (Å²) in [6.45, 7) is 15.7. The van der Waals surface area contributed by atoms with Crippen molar-refractivity contribution in [3.05, 3.63) is 58.5 Å². The lowest BCUT2D eigenvalue weighted by Crippen LogP contribution is -2.22. The number of rotatable bonds is 9. The van der Waals surface area contributed by atoms with Crippen LogP contribution in [0.5, 0.6) is 0 Å².